The molecule has 1 aromatic heterocycles. The highest BCUT2D eigenvalue weighted by molar-refractivity contribution is 14.1. The molecule has 0 radical (unpaired) electrons. The van der Waals surface area contributed by atoms with Gasteiger partial charge in [-0.15, -0.1) is 0 Å². The van der Waals surface area contributed by atoms with Crippen molar-refractivity contribution < 1.29 is 14.0 Å². The van der Waals surface area contributed by atoms with Crippen LogP contribution in [0.3, 0.4) is 0 Å². The van der Waals surface area contributed by atoms with Gasteiger partial charge in [0.2, 0.25) is 0 Å². The molecule has 1 N–H and O–H groups in total. The van der Waals surface area contributed by atoms with E-state index in [0.29, 0.717) is 15.2 Å². The van der Waals surface area contributed by atoms with Crippen LogP contribution in [-0.4, -0.2) is 16.9 Å². The van der Waals surface area contributed by atoms with E-state index >= 15 is 0 Å². The number of furan rings is 1. The van der Waals surface area contributed by atoms with Crippen molar-refractivity contribution in [1.82, 2.24) is 5.32 Å². The summed E-state index contributed by atoms with van der Waals surface area (Å²) in [5.41, 5.74) is 1.55. The van der Waals surface area contributed by atoms with E-state index in [1.165, 1.54) is 11.0 Å². The Bertz CT molecular complexity index is 887. The van der Waals surface area contributed by atoms with Crippen molar-refractivity contribution in [3.8, 4) is 0 Å². The quantitative estimate of drug-likeness (QED) is 0.285. The standard InChI is InChI=1S/C16H10BrIN2O3S/c1-8-3-2-4-9(5-8)20-15(22)11(14(21)19-16(20)24)6-10-7-12(17)13(18)23-10/h2-7H,1H3,(H,19,21,24)/b11-6+. The zero-order valence-corrected chi connectivity index (χ0v) is 16.9. The van der Waals surface area contributed by atoms with Gasteiger partial charge >= 0.3 is 0 Å². The molecule has 8 heteroatoms. The Labute approximate surface area is 165 Å². The molecule has 0 atom stereocenters. The third-order valence-electron chi connectivity index (χ3n) is 3.31. The highest BCUT2D eigenvalue weighted by Gasteiger charge is 2.34. The molecule has 3 rings (SSSR count). The third-order valence-corrected chi connectivity index (χ3v) is 5.73. The fraction of sp³-hybridized carbons (Fsp3) is 0.0625. The molecule has 1 aliphatic heterocycles. The van der Waals surface area contributed by atoms with Crippen LogP contribution in [0.25, 0.3) is 6.08 Å². The molecule has 0 aliphatic carbocycles. The van der Waals surface area contributed by atoms with Crippen LogP contribution in [0.2, 0.25) is 0 Å². The van der Waals surface area contributed by atoms with Crippen molar-refractivity contribution in [1.29, 1.82) is 0 Å². The number of aryl methyl sites for hydroxylation is 1. The minimum atomic E-state index is -0.545. The number of thiocarbonyl (C=S) groups is 1. The number of benzene rings is 1. The first kappa shape index (κ1) is 17.3. The van der Waals surface area contributed by atoms with E-state index in [4.69, 9.17) is 16.6 Å². The van der Waals surface area contributed by atoms with Gasteiger partial charge in [0.05, 0.1) is 10.2 Å². The molecule has 1 aliphatic rings. The van der Waals surface area contributed by atoms with E-state index in [2.05, 4.69) is 21.2 Å². The third kappa shape index (κ3) is 3.31. The Morgan fingerprint density at radius 2 is 2.08 bits per heavy atom. The van der Waals surface area contributed by atoms with Crippen molar-refractivity contribution >= 4 is 79.4 Å². The van der Waals surface area contributed by atoms with Crippen LogP contribution in [0.1, 0.15) is 11.3 Å². The van der Waals surface area contributed by atoms with Crippen molar-refractivity contribution in [3.05, 3.63) is 55.5 Å². The molecule has 24 heavy (non-hydrogen) atoms. The van der Waals surface area contributed by atoms with E-state index in [1.807, 2.05) is 47.7 Å². The second-order valence-corrected chi connectivity index (χ2v) is 7.29. The summed E-state index contributed by atoms with van der Waals surface area (Å²) in [5, 5.41) is 2.60. The topological polar surface area (TPSA) is 62.6 Å². The van der Waals surface area contributed by atoms with E-state index in [9.17, 15) is 9.59 Å². The first-order valence-corrected chi connectivity index (χ1v) is 9.08. The zero-order chi connectivity index (χ0) is 17.4. The van der Waals surface area contributed by atoms with Crippen molar-refractivity contribution in [2.45, 2.75) is 6.92 Å². The maximum atomic E-state index is 12.8. The fourth-order valence-corrected chi connectivity index (χ4v) is 3.23. The van der Waals surface area contributed by atoms with E-state index in [1.54, 1.807) is 12.1 Å². The Morgan fingerprint density at radius 1 is 1.33 bits per heavy atom. The summed E-state index contributed by atoms with van der Waals surface area (Å²) in [5.74, 6) is -0.630. The Balaban J connectivity index is 2.03. The number of nitrogens with zero attached hydrogens (tertiary/aromatic N) is 1. The molecule has 122 valence electrons. The molecule has 0 bridgehead atoms. The van der Waals surface area contributed by atoms with Gasteiger partial charge in [0.15, 0.2) is 8.88 Å². The molecule has 0 unspecified atom stereocenters. The molecule has 0 saturated carbocycles. The lowest BCUT2D eigenvalue weighted by Gasteiger charge is -2.28. The highest BCUT2D eigenvalue weighted by Crippen LogP contribution is 2.27. The van der Waals surface area contributed by atoms with Crippen LogP contribution in [0.4, 0.5) is 5.69 Å². The van der Waals surface area contributed by atoms with Crippen molar-refractivity contribution in [2.24, 2.45) is 0 Å². The van der Waals surface area contributed by atoms with Gasteiger partial charge in [-0.3, -0.25) is 19.8 Å². The van der Waals surface area contributed by atoms with Crippen LogP contribution < -0.4 is 10.2 Å². The summed E-state index contributed by atoms with van der Waals surface area (Å²) in [6, 6.07) is 9.02. The summed E-state index contributed by atoms with van der Waals surface area (Å²) >= 11 is 10.5. The number of carbonyl (C=O) groups excluding carboxylic acids is 2. The van der Waals surface area contributed by atoms with Gasteiger partial charge in [-0.1, -0.05) is 12.1 Å². The van der Waals surface area contributed by atoms with Gasteiger partial charge in [0.1, 0.15) is 11.3 Å². The van der Waals surface area contributed by atoms with Crippen LogP contribution in [0.5, 0.6) is 0 Å². The maximum Gasteiger partial charge on any atom is 0.270 e. The average Bonchev–Trinajstić information content (AvgIpc) is 2.82. The summed E-state index contributed by atoms with van der Waals surface area (Å²) in [7, 11) is 0. The van der Waals surface area contributed by atoms with Gasteiger partial charge in [-0.25, -0.2) is 0 Å². The van der Waals surface area contributed by atoms with Gasteiger partial charge in [-0.2, -0.15) is 0 Å². The molecule has 2 aromatic rings. The van der Waals surface area contributed by atoms with Gasteiger partial charge < -0.3 is 4.42 Å². The largest absolute Gasteiger partial charge is 0.450 e. The number of nitrogens with one attached hydrogen (secondary N) is 1. The molecule has 2 heterocycles. The normalized spacial score (nSPS) is 16.7. The molecular formula is C16H10BrIN2O3S. The SMILES string of the molecule is Cc1cccc(N2C(=O)/C(=C/c3cc(Br)c(I)o3)C(=O)NC2=S)c1. The summed E-state index contributed by atoms with van der Waals surface area (Å²) in [4.78, 5) is 26.3. The molecule has 1 fully saturated rings. The lowest BCUT2D eigenvalue weighted by molar-refractivity contribution is -0.122. The van der Waals surface area contributed by atoms with E-state index in [0.717, 1.165) is 10.0 Å². The zero-order valence-electron chi connectivity index (χ0n) is 12.3. The average molecular weight is 517 g/mol. The minimum absolute atomic E-state index is 0.0391. The van der Waals surface area contributed by atoms with Gasteiger partial charge in [0, 0.05) is 22.6 Å². The molecule has 1 aromatic carbocycles. The smallest absolute Gasteiger partial charge is 0.270 e. The minimum Gasteiger partial charge on any atom is -0.450 e. The number of hydrogen-bond acceptors (Lipinski definition) is 4. The molecular weight excluding hydrogens is 507 g/mol. The molecule has 0 spiro atoms. The van der Waals surface area contributed by atoms with Crippen LogP contribution in [0, 0.1) is 10.7 Å². The van der Waals surface area contributed by atoms with Gasteiger partial charge in [0.25, 0.3) is 11.8 Å². The summed E-state index contributed by atoms with van der Waals surface area (Å²) in [6.45, 7) is 1.92. The lowest BCUT2D eigenvalue weighted by Crippen LogP contribution is -2.54. The Hall–Kier alpha value is -1.52. The van der Waals surface area contributed by atoms with E-state index < -0.39 is 11.8 Å². The monoisotopic (exact) mass is 516 g/mol. The lowest BCUT2D eigenvalue weighted by atomic mass is 10.1. The molecule has 5 nitrogen and oxygen atoms in total. The second-order valence-electron chi connectivity index (χ2n) is 5.07. The van der Waals surface area contributed by atoms with Crippen LogP contribution >= 0.6 is 50.7 Å². The number of hydrogen-bond donors (Lipinski definition) is 1. The number of anilines is 1. The number of carbonyl (C=O) groups is 2. The van der Waals surface area contributed by atoms with Crippen LogP contribution in [-0.2, 0) is 9.59 Å². The number of rotatable bonds is 2. The second kappa shape index (κ2) is 6.77. The first-order valence-electron chi connectivity index (χ1n) is 6.80. The molecule has 2 amide bonds. The predicted octanol–water partition coefficient (Wildman–Crippen LogP) is 3.79. The van der Waals surface area contributed by atoms with Crippen LogP contribution in [0.15, 0.2) is 44.8 Å². The predicted molar refractivity (Wildman–Crippen MR) is 107 cm³/mol. The maximum absolute atomic E-state index is 12.8. The van der Waals surface area contributed by atoms with Gasteiger partial charge in [-0.05, 0) is 64.9 Å². The Kier molecular flexibility index (Phi) is 4.88. The highest BCUT2D eigenvalue weighted by atomic mass is 127. The fourth-order valence-electron chi connectivity index (χ4n) is 2.24. The molecule has 1 saturated heterocycles. The first-order chi connectivity index (χ1) is 11.4. The number of amides is 2. The van der Waals surface area contributed by atoms with Crippen molar-refractivity contribution in [2.75, 3.05) is 4.90 Å². The van der Waals surface area contributed by atoms with Crippen molar-refractivity contribution in [3.63, 3.8) is 0 Å². The summed E-state index contributed by atoms with van der Waals surface area (Å²) < 4.78 is 6.87. The Morgan fingerprint density at radius 3 is 2.71 bits per heavy atom. The number of halogens is 2. The van der Waals surface area contributed by atoms with E-state index in [-0.39, 0.29) is 10.7 Å². The summed E-state index contributed by atoms with van der Waals surface area (Å²) in [6.07, 6.45) is 1.41.